The second kappa shape index (κ2) is 6.84. The summed E-state index contributed by atoms with van der Waals surface area (Å²) in [6.45, 7) is 1.81. The number of aryl methyl sites for hydroxylation is 1. The lowest BCUT2D eigenvalue weighted by atomic mass is 9.96. The molecule has 5 rings (SSSR count). The van der Waals surface area contributed by atoms with Crippen molar-refractivity contribution in [3.8, 4) is 17.1 Å². The number of benzene rings is 1. The second-order valence-corrected chi connectivity index (χ2v) is 7.89. The number of aromatic hydroxyl groups is 1. The van der Waals surface area contributed by atoms with Gasteiger partial charge in [0.1, 0.15) is 17.7 Å². The molecule has 0 spiro atoms. The highest BCUT2D eigenvalue weighted by molar-refractivity contribution is 5.86. The van der Waals surface area contributed by atoms with Crippen molar-refractivity contribution in [3.05, 3.63) is 30.4 Å². The van der Waals surface area contributed by atoms with Crippen LogP contribution in [-0.2, 0) is 0 Å². The number of fused-ring (bicyclic) bond motifs is 3. The summed E-state index contributed by atoms with van der Waals surface area (Å²) in [4.78, 5) is 14.7. The van der Waals surface area contributed by atoms with E-state index in [1.54, 1.807) is 31.5 Å². The van der Waals surface area contributed by atoms with Crippen LogP contribution in [0.4, 0.5) is 10.2 Å². The molecule has 2 fully saturated rings. The van der Waals surface area contributed by atoms with Crippen LogP contribution in [0.25, 0.3) is 22.3 Å². The molecule has 2 aliphatic rings. The molecule has 3 aromatic rings. The largest absolute Gasteiger partial charge is 0.507 e. The highest BCUT2D eigenvalue weighted by atomic mass is 19.1. The number of halogens is 1. The Morgan fingerprint density at radius 2 is 2.03 bits per heavy atom. The third-order valence-corrected chi connectivity index (χ3v) is 6.02. The summed E-state index contributed by atoms with van der Waals surface area (Å²) in [5, 5.41) is 22.9. The smallest absolute Gasteiger partial charge is 0.185 e. The van der Waals surface area contributed by atoms with E-state index in [0.717, 1.165) is 24.6 Å². The third-order valence-electron chi connectivity index (χ3n) is 6.02. The monoisotopic (exact) mass is 395 g/mol. The molecule has 150 valence electrons. The number of aromatic nitrogens is 5. The molecule has 0 aliphatic carbocycles. The van der Waals surface area contributed by atoms with Crippen molar-refractivity contribution in [2.45, 2.75) is 50.5 Å². The number of nitrogens with one attached hydrogen (secondary N) is 1. The van der Waals surface area contributed by atoms with Crippen molar-refractivity contribution in [1.29, 1.82) is 0 Å². The van der Waals surface area contributed by atoms with Crippen molar-refractivity contribution < 1.29 is 9.50 Å². The fourth-order valence-electron chi connectivity index (χ4n) is 4.41. The van der Waals surface area contributed by atoms with Gasteiger partial charge in [0.05, 0.1) is 23.3 Å². The molecule has 2 aliphatic heterocycles. The van der Waals surface area contributed by atoms with Crippen LogP contribution >= 0.6 is 0 Å². The van der Waals surface area contributed by atoms with Gasteiger partial charge in [-0.05, 0) is 38.3 Å². The van der Waals surface area contributed by atoms with Crippen LogP contribution in [-0.4, -0.2) is 61.6 Å². The summed E-state index contributed by atoms with van der Waals surface area (Å²) < 4.78 is 14.8. The molecule has 29 heavy (non-hydrogen) atoms. The zero-order chi connectivity index (χ0) is 20.1. The average Bonchev–Trinajstić information content (AvgIpc) is 3.14. The molecule has 0 amide bonds. The van der Waals surface area contributed by atoms with Crippen LogP contribution in [0.15, 0.2) is 24.5 Å². The van der Waals surface area contributed by atoms with Gasteiger partial charge in [-0.25, -0.2) is 19.3 Å². The fourth-order valence-corrected chi connectivity index (χ4v) is 4.41. The molecule has 2 N–H and O–H groups in total. The number of rotatable bonds is 3. The van der Waals surface area contributed by atoms with E-state index >= 15 is 0 Å². The summed E-state index contributed by atoms with van der Waals surface area (Å²) >= 11 is 0. The van der Waals surface area contributed by atoms with Gasteiger partial charge in [-0.15, -0.1) is 10.2 Å². The van der Waals surface area contributed by atoms with E-state index in [4.69, 9.17) is 0 Å². The van der Waals surface area contributed by atoms with Gasteiger partial charge in [-0.3, -0.25) is 0 Å². The maximum absolute atomic E-state index is 14.8. The molecule has 2 aromatic heterocycles. The van der Waals surface area contributed by atoms with Gasteiger partial charge in [0.2, 0.25) is 0 Å². The zero-order valence-corrected chi connectivity index (χ0v) is 16.2. The number of piperidine rings is 1. The summed E-state index contributed by atoms with van der Waals surface area (Å²) in [5.41, 5.74) is 1.14. The van der Waals surface area contributed by atoms with E-state index in [-0.39, 0.29) is 17.8 Å². The Bertz CT molecular complexity index is 1060. The molecule has 1 aromatic carbocycles. The Balaban J connectivity index is 1.43. The number of alkyl halides is 1. The van der Waals surface area contributed by atoms with Gasteiger partial charge < -0.3 is 15.3 Å². The van der Waals surface area contributed by atoms with Crippen LogP contribution in [0.5, 0.6) is 5.75 Å². The molecular formula is C20H22FN7O. The Hall–Kier alpha value is -2.94. The number of nitrogens with zero attached hydrogens (tertiary/aromatic N) is 6. The number of hydrogen-bond acceptors (Lipinski definition) is 8. The van der Waals surface area contributed by atoms with Crippen LogP contribution in [0.3, 0.4) is 0 Å². The molecule has 8 nitrogen and oxygen atoms in total. The number of anilines is 1. The number of phenols is 1. The van der Waals surface area contributed by atoms with Gasteiger partial charge in [0.15, 0.2) is 11.6 Å². The van der Waals surface area contributed by atoms with E-state index in [1.807, 2.05) is 11.9 Å². The van der Waals surface area contributed by atoms with E-state index in [1.165, 1.54) is 0 Å². The summed E-state index contributed by atoms with van der Waals surface area (Å²) in [6.07, 6.45) is 4.92. The average molecular weight is 395 g/mol. The molecule has 4 atom stereocenters. The summed E-state index contributed by atoms with van der Waals surface area (Å²) in [7, 11) is 1.83. The molecule has 4 heterocycles. The lowest BCUT2D eigenvalue weighted by Gasteiger charge is -2.38. The maximum atomic E-state index is 14.8. The topological polar surface area (TPSA) is 100.0 Å². The SMILES string of the molecule is Cc1ncc2cc(O)c(-c3ncc(N(C)[C@@H]4CC5CCC(N5)[C@@H]4F)nn3)cc2n1. The Morgan fingerprint density at radius 1 is 1.17 bits per heavy atom. The van der Waals surface area contributed by atoms with Crippen molar-refractivity contribution >= 4 is 16.7 Å². The van der Waals surface area contributed by atoms with E-state index in [9.17, 15) is 9.50 Å². The van der Waals surface area contributed by atoms with Gasteiger partial charge >= 0.3 is 0 Å². The normalized spacial score (nSPS) is 26.0. The molecule has 9 heteroatoms. The molecule has 2 unspecified atom stereocenters. The fraction of sp³-hybridized carbons (Fsp3) is 0.450. The van der Waals surface area contributed by atoms with E-state index < -0.39 is 6.17 Å². The lowest BCUT2D eigenvalue weighted by Crippen LogP contribution is -2.55. The van der Waals surface area contributed by atoms with E-state index in [2.05, 4.69) is 30.5 Å². The van der Waals surface area contributed by atoms with E-state index in [0.29, 0.717) is 34.6 Å². The highest BCUT2D eigenvalue weighted by Gasteiger charge is 2.43. The Kier molecular flexibility index (Phi) is 4.27. The molecule has 0 radical (unpaired) electrons. The first-order valence-corrected chi connectivity index (χ1v) is 9.79. The second-order valence-electron chi connectivity index (χ2n) is 7.89. The van der Waals surface area contributed by atoms with Crippen LogP contribution in [0, 0.1) is 6.92 Å². The van der Waals surface area contributed by atoms with Crippen molar-refractivity contribution in [2.24, 2.45) is 0 Å². The predicted octanol–water partition coefficient (Wildman–Crippen LogP) is 2.16. The van der Waals surface area contributed by atoms with Gasteiger partial charge in [0.25, 0.3) is 0 Å². The van der Waals surface area contributed by atoms with Crippen molar-refractivity contribution in [1.82, 2.24) is 30.5 Å². The molecule has 0 saturated carbocycles. The lowest BCUT2D eigenvalue weighted by molar-refractivity contribution is 0.176. The first kappa shape index (κ1) is 18.1. The van der Waals surface area contributed by atoms with Crippen LogP contribution in [0.2, 0.25) is 0 Å². The van der Waals surface area contributed by atoms with Crippen molar-refractivity contribution in [3.63, 3.8) is 0 Å². The molecular weight excluding hydrogens is 373 g/mol. The number of phenolic OH excluding ortho intramolecular Hbond substituents is 1. The molecule has 2 saturated heterocycles. The Morgan fingerprint density at radius 3 is 2.83 bits per heavy atom. The minimum Gasteiger partial charge on any atom is -0.507 e. The number of hydrogen-bond donors (Lipinski definition) is 2. The zero-order valence-electron chi connectivity index (χ0n) is 16.2. The summed E-state index contributed by atoms with van der Waals surface area (Å²) in [5.74, 6) is 1.48. The van der Waals surface area contributed by atoms with Gasteiger partial charge in [-0.1, -0.05) is 0 Å². The minimum absolute atomic E-state index is 0.0339. The van der Waals surface area contributed by atoms with Crippen molar-refractivity contribution in [2.75, 3.05) is 11.9 Å². The van der Waals surface area contributed by atoms with Gasteiger partial charge in [-0.2, -0.15) is 0 Å². The summed E-state index contributed by atoms with van der Waals surface area (Å²) in [6, 6.07) is 3.35. The maximum Gasteiger partial charge on any atom is 0.185 e. The molecule has 2 bridgehead atoms. The van der Waals surface area contributed by atoms with Crippen LogP contribution in [0.1, 0.15) is 25.1 Å². The quantitative estimate of drug-likeness (QED) is 0.696. The van der Waals surface area contributed by atoms with Crippen LogP contribution < -0.4 is 10.2 Å². The predicted molar refractivity (Wildman–Crippen MR) is 106 cm³/mol. The first-order chi connectivity index (χ1) is 14.0. The first-order valence-electron chi connectivity index (χ1n) is 9.79. The van der Waals surface area contributed by atoms with Gasteiger partial charge in [0, 0.05) is 30.7 Å². The Labute approximate surface area is 167 Å². The third kappa shape index (κ3) is 3.15. The highest BCUT2D eigenvalue weighted by Crippen LogP contribution is 2.34. The standard InChI is InChI=1S/C20H22FN7O/c1-10-22-8-11-5-17(29)13(7-15(11)24-10)20-23-9-18(26-27-20)28(2)16-6-12-3-4-14(25-12)19(16)21/h5,7-9,12,14,16,19,25,29H,3-4,6H2,1-2H3/t12?,14?,16-,19+/m1/s1. The minimum atomic E-state index is -0.951.